The standard InChI is InChI=1S/C16H14ClN3O4/c1-16(12-3-2-8-24-12)14(22)20(15(23)19-16)9-13(21)18-11-6-4-10(17)5-7-11/h2-8H,9H2,1H3,(H,18,21)(H,19,23). The van der Waals surface area contributed by atoms with Gasteiger partial charge in [-0.25, -0.2) is 4.79 Å². The summed E-state index contributed by atoms with van der Waals surface area (Å²) in [5, 5.41) is 5.70. The van der Waals surface area contributed by atoms with Gasteiger partial charge in [-0.15, -0.1) is 0 Å². The fourth-order valence-corrected chi connectivity index (χ4v) is 2.57. The molecule has 3 rings (SSSR count). The monoisotopic (exact) mass is 347 g/mol. The number of hydrogen-bond donors (Lipinski definition) is 2. The van der Waals surface area contributed by atoms with Gasteiger partial charge in [-0.3, -0.25) is 14.5 Å². The first-order chi connectivity index (χ1) is 11.4. The van der Waals surface area contributed by atoms with E-state index in [0.717, 1.165) is 4.90 Å². The minimum absolute atomic E-state index is 0.307. The van der Waals surface area contributed by atoms with Crippen LogP contribution in [0, 0.1) is 0 Å². The van der Waals surface area contributed by atoms with Crippen molar-refractivity contribution in [3.05, 3.63) is 53.4 Å². The van der Waals surface area contributed by atoms with Crippen LogP contribution in [0.1, 0.15) is 12.7 Å². The summed E-state index contributed by atoms with van der Waals surface area (Å²) in [4.78, 5) is 37.6. The summed E-state index contributed by atoms with van der Waals surface area (Å²) in [7, 11) is 0. The van der Waals surface area contributed by atoms with Gasteiger partial charge in [0.2, 0.25) is 5.91 Å². The van der Waals surface area contributed by atoms with Gasteiger partial charge in [0.1, 0.15) is 12.3 Å². The minimum atomic E-state index is -1.32. The number of nitrogens with one attached hydrogen (secondary N) is 2. The molecule has 0 radical (unpaired) electrons. The third kappa shape index (κ3) is 2.85. The summed E-state index contributed by atoms with van der Waals surface area (Å²) in [6, 6.07) is 9.06. The maximum Gasteiger partial charge on any atom is 0.325 e. The van der Waals surface area contributed by atoms with E-state index in [1.807, 2.05) is 0 Å². The Balaban J connectivity index is 1.71. The van der Waals surface area contributed by atoms with Crippen molar-refractivity contribution in [3.8, 4) is 0 Å². The van der Waals surface area contributed by atoms with Crippen molar-refractivity contribution >= 4 is 35.1 Å². The van der Waals surface area contributed by atoms with Crippen LogP contribution in [-0.4, -0.2) is 29.3 Å². The number of imide groups is 1. The molecule has 1 aromatic heterocycles. The van der Waals surface area contributed by atoms with Crippen molar-refractivity contribution in [2.75, 3.05) is 11.9 Å². The van der Waals surface area contributed by atoms with Crippen LogP contribution >= 0.6 is 11.6 Å². The molecule has 1 aliphatic heterocycles. The molecule has 1 saturated heterocycles. The maximum atomic E-state index is 12.6. The van der Waals surface area contributed by atoms with Gasteiger partial charge in [0, 0.05) is 10.7 Å². The lowest BCUT2D eigenvalue weighted by Gasteiger charge is -2.18. The molecule has 4 amide bonds. The summed E-state index contributed by atoms with van der Waals surface area (Å²) >= 11 is 5.78. The minimum Gasteiger partial charge on any atom is -0.466 e. The summed E-state index contributed by atoms with van der Waals surface area (Å²) in [5.74, 6) is -0.736. The molecule has 1 fully saturated rings. The van der Waals surface area contributed by atoms with E-state index in [2.05, 4.69) is 10.6 Å². The second-order valence-electron chi connectivity index (χ2n) is 5.48. The number of nitrogens with zero attached hydrogens (tertiary/aromatic N) is 1. The molecule has 1 aliphatic rings. The van der Waals surface area contributed by atoms with Gasteiger partial charge in [0.15, 0.2) is 5.54 Å². The first-order valence-corrected chi connectivity index (χ1v) is 7.51. The van der Waals surface area contributed by atoms with E-state index in [-0.39, 0.29) is 0 Å². The molecule has 1 aromatic carbocycles. The molecule has 2 heterocycles. The Morgan fingerprint density at radius 1 is 1.29 bits per heavy atom. The molecule has 2 N–H and O–H groups in total. The van der Waals surface area contributed by atoms with Gasteiger partial charge in [0.05, 0.1) is 6.26 Å². The van der Waals surface area contributed by atoms with Crippen LogP contribution < -0.4 is 10.6 Å². The average Bonchev–Trinajstić information content (AvgIpc) is 3.14. The number of carbonyl (C=O) groups excluding carboxylic acids is 3. The number of furan rings is 1. The fourth-order valence-electron chi connectivity index (χ4n) is 2.45. The average molecular weight is 348 g/mol. The number of halogens is 1. The quantitative estimate of drug-likeness (QED) is 0.830. The van der Waals surface area contributed by atoms with E-state index < -0.39 is 29.9 Å². The zero-order valence-corrected chi connectivity index (χ0v) is 13.5. The Morgan fingerprint density at radius 2 is 2.00 bits per heavy atom. The molecule has 0 saturated carbocycles. The Kier molecular flexibility index (Phi) is 4.02. The van der Waals surface area contributed by atoms with Crippen molar-refractivity contribution in [1.29, 1.82) is 0 Å². The molecule has 124 valence electrons. The van der Waals surface area contributed by atoms with E-state index in [1.165, 1.54) is 13.2 Å². The van der Waals surface area contributed by atoms with Crippen LogP contribution in [0.4, 0.5) is 10.5 Å². The number of hydrogen-bond acceptors (Lipinski definition) is 4. The van der Waals surface area contributed by atoms with E-state index in [0.29, 0.717) is 16.5 Å². The van der Waals surface area contributed by atoms with Crippen molar-refractivity contribution in [1.82, 2.24) is 10.2 Å². The highest BCUT2D eigenvalue weighted by atomic mass is 35.5. The zero-order valence-electron chi connectivity index (χ0n) is 12.7. The predicted molar refractivity (Wildman–Crippen MR) is 86.4 cm³/mol. The lowest BCUT2D eigenvalue weighted by molar-refractivity contribution is -0.134. The third-order valence-electron chi connectivity index (χ3n) is 3.72. The van der Waals surface area contributed by atoms with Gasteiger partial charge < -0.3 is 15.1 Å². The molecule has 0 bridgehead atoms. The number of carbonyl (C=O) groups is 3. The zero-order chi connectivity index (χ0) is 17.3. The van der Waals surface area contributed by atoms with Crippen LogP contribution in [0.5, 0.6) is 0 Å². The lowest BCUT2D eigenvalue weighted by Crippen LogP contribution is -2.41. The summed E-state index contributed by atoms with van der Waals surface area (Å²) in [6.07, 6.45) is 1.41. The predicted octanol–water partition coefficient (Wildman–Crippen LogP) is 2.34. The summed E-state index contributed by atoms with van der Waals surface area (Å²) in [6.45, 7) is 1.13. The Bertz CT molecular complexity index is 788. The summed E-state index contributed by atoms with van der Waals surface area (Å²) in [5.41, 5.74) is -0.800. The second-order valence-corrected chi connectivity index (χ2v) is 5.92. The third-order valence-corrected chi connectivity index (χ3v) is 3.97. The first kappa shape index (κ1) is 16.1. The lowest BCUT2D eigenvalue weighted by atomic mass is 9.99. The number of rotatable bonds is 4. The summed E-state index contributed by atoms with van der Waals surface area (Å²) < 4.78 is 5.22. The molecule has 24 heavy (non-hydrogen) atoms. The molecular weight excluding hydrogens is 334 g/mol. The number of benzene rings is 1. The van der Waals surface area contributed by atoms with Crippen LogP contribution in [0.15, 0.2) is 47.1 Å². The van der Waals surface area contributed by atoms with E-state index in [1.54, 1.807) is 36.4 Å². The molecule has 1 unspecified atom stereocenters. The SMILES string of the molecule is CC1(c2ccco2)NC(=O)N(CC(=O)Nc2ccc(Cl)cc2)C1=O. The Hall–Kier alpha value is -2.80. The van der Waals surface area contributed by atoms with Crippen LogP contribution in [0.25, 0.3) is 0 Å². The molecule has 7 nitrogen and oxygen atoms in total. The van der Waals surface area contributed by atoms with Crippen molar-refractivity contribution < 1.29 is 18.8 Å². The highest BCUT2D eigenvalue weighted by molar-refractivity contribution is 6.30. The van der Waals surface area contributed by atoms with E-state index in [9.17, 15) is 14.4 Å². The Morgan fingerprint density at radius 3 is 2.62 bits per heavy atom. The van der Waals surface area contributed by atoms with Gasteiger partial charge >= 0.3 is 6.03 Å². The highest BCUT2D eigenvalue weighted by Gasteiger charge is 2.51. The first-order valence-electron chi connectivity index (χ1n) is 7.13. The fraction of sp³-hybridized carbons (Fsp3) is 0.188. The van der Waals surface area contributed by atoms with E-state index >= 15 is 0 Å². The van der Waals surface area contributed by atoms with Crippen LogP contribution in [-0.2, 0) is 15.1 Å². The topological polar surface area (TPSA) is 91.7 Å². The molecule has 0 aliphatic carbocycles. The van der Waals surface area contributed by atoms with Gasteiger partial charge in [-0.2, -0.15) is 0 Å². The number of amides is 4. The number of urea groups is 1. The van der Waals surface area contributed by atoms with Gasteiger partial charge in [-0.1, -0.05) is 11.6 Å². The molecular formula is C16H14ClN3O4. The number of anilines is 1. The smallest absolute Gasteiger partial charge is 0.325 e. The molecule has 2 aromatic rings. The second kappa shape index (κ2) is 6.01. The Labute approximate surface area is 142 Å². The van der Waals surface area contributed by atoms with Crippen molar-refractivity contribution in [2.45, 2.75) is 12.5 Å². The van der Waals surface area contributed by atoms with Gasteiger partial charge in [0.25, 0.3) is 5.91 Å². The van der Waals surface area contributed by atoms with Crippen LogP contribution in [0.2, 0.25) is 5.02 Å². The molecule has 1 atom stereocenters. The molecule has 8 heteroatoms. The normalized spacial score (nSPS) is 20.2. The van der Waals surface area contributed by atoms with E-state index in [4.69, 9.17) is 16.0 Å². The van der Waals surface area contributed by atoms with Gasteiger partial charge in [-0.05, 0) is 43.3 Å². The van der Waals surface area contributed by atoms with Crippen molar-refractivity contribution in [3.63, 3.8) is 0 Å². The highest BCUT2D eigenvalue weighted by Crippen LogP contribution is 2.28. The maximum absolute atomic E-state index is 12.6. The molecule has 0 spiro atoms. The largest absolute Gasteiger partial charge is 0.466 e. The van der Waals surface area contributed by atoms with Crippen LogP contribution in [0.3, 0.4) is 0 Å². The van der Waals surface area contributed by atoms with Crippen molar-refractivity contribution in [2.24, 2.45) is 0 Å².